The number of amides is 4. The number of rotatable bonds is 7. The average Bonchev–Trinajstić information content (AvgIpc) is 2.91. The van der Waals surface area contributed by atoms with Gasteiger partial charge in [-0.15, -0.1) is 0 Å². The molecule has 2 aromatic rings. The third-order valence-electron chi connectivity index (χ3n) is 5.22. The Morgan fingerprint density at radius 3 is 2.23 bits per heavy atom. The molecule has 158 valence electrons. The van der Waals surface area contributed by atoms with Crippen molar-refractivity contribution in [3.05, 3.63) is 70.8 Å². The van der Waals surface area contributed by atoms with Crippen LogP contribution in [0.1, 0.15) is 29.2 Å². The summed E-state index contributed by atoms with van der Waals surface area (Å²) in [5.41, 5.74) is 2.71. The third kappa shape index (κ3) is 4.68. The van der Waals surface area contributed by atoms with Crippen molar-refractivity contribution < 1.29 is 14.4 Å². The molecule has 1 unspecified atom stereocenters. The summed E-state index contributed by atoms with van der Waals surface area (Å²) in [6.45, 7) is 4.47. The quantitative estimate of drug-likeness (QED) is 0.688. The van der Waals surface area contributed by atoms with Gasteiger partial charge in [-0.2, -0.15) is 0 Å². The Balaban J connectivity index is 1.59. The molecular formula is C23H28N4O3. The zero-order valence-corrected chi connectivity index (χ0v) is 17.9. The molecule has 1 fully saturated rings. The Morgan fingerprint density at radius 2 is 1.63 bits per heavy atom. The van der Waals surface area contributed by atoms with Gasteiger partial charge in [0.25, 0.3) is 5.91 Å². The maximum absolute atomic E-state index is 12.9. The number of benzene rings is 2. The van der Waals surface area contributed by atoms with E-state index in [0.29, 0.717) is 12.1 Å². The van der Waals surface area contributed by atoms with Crippen LogP contribution in [0.25, 0.3) is 0 Å². The number of aryl methyl sites for hydroxylation is 1. The minimum absolute atomic E-state index is 0.315. The molecule has 0 aliphatic carbocycles. The SMILES string of the molecule is Cc1ccc(C2(C)NC(=O)N(CC(=O)NCc3ccc(CN(C)C)cc3)C2=O)cc1. The van der Waals surface area contributed by atoms with E-state index in [-0.39, 0.29) is 12.5 Å². The lowest BCUT2D eigenvalue weighted by Gasteiger charge is -2.22. The van der Waals surface area contributed by atoms with Crippen LogP contribution < -0.4 is 10.6 Å². The zero-order valence-electron chi connectivity index (χ0n) is 17.9. The topological polar surface area (TPSA) is 81.8 Å². The Labute approximate surface area is 177 Å². The molecule has 0 radical (unpaired) electrons. The lowest BCUT2D eigenvalue weighted by molar-refractivity contribution is -0.134. The molecule has 0 spiro atoms. The monoisotopic (exact) mass is 408 g/mol. The van der Waals surface area contributed by atoms with Crippen molar-refractivity contribution in [2.75, 3.05) is 20.6 Å². The van der Waals surface area contributed by atoms with Crippen molar-refractivity contribution in [1.82, 2.24) is 20.4 Å². The second-order valence-electron chi connectivity index (χ2n) is 8.14. The van der Waals surface area contributed by atoms with Crippen LogP contribution in [0.2, 0.25) is 0 Å². The van der Waals surface area contributed by atoms with E-state index in [1.54, 1.807) is 6.92 Å². The molecule has 7 heteroatoms. The van der Waals surface area contributed by atoms with E-state index < -0.39 is 17.5 Å². The van der Waals surface area contributed by atoms with Crippen LogP contribution in [-0.2, 0) is 28.2 Å². The van der Waals surface area contributed by atoms with Gasteiger partial charge in [-0.25, -0.2) is 4.79 Å². The highest BCUT2D eigenvalue weighted by atomic mass is 16.2. The first-order chi connectivity index (χ1) is 14.2. The second-order valence-corrected chi connectivity index (χ2v) is 8.14. The molecule has 3 rings (SSSR count). The van der Waals surface area contributed by atoms with E-state index in [1.165, 1.54) is 5.56 Å². The summed E-state index contributed by atoms with van der Waals surface area (Å²) < 4.78 is 0. The summed E-state index contributed by atoms with van der Waals surface area (Å²) in [7, 11) is 4.02. The minimum Gasteiger partial charge on any atom is -0.350 e. The molecule has 0 bridgehead atoms. The highest BCUT2D eigenvalue weighted by Crippen LogP contribution is 2.28. The zero-order chi connectivity index (χ0) is 21.9. The van der Waals surface area contributed by atoms with Gasteiger partial charge in [0, 0.05) is 13.1 Å². The maximum Gasteiger partial charge on any atom is 0.325 e. The number of nitrogens with one attached hydrogen (secondary N) is 2. The number of urea groups is 1. The normalized spacial score (nSPS) is 18.6. The highest BCUT2D eigenvalue weighted by molar-refractivity contribution is 6.09. The summed E-state index contributed by atoms with van der Waals surface area (Å²) in [5.74, 6) is -0.816. The van der Waals surface area contributed by atoms with Gasteiger partial charge in [-0.3, -0.25) is 14.5 Å². The van der Waals surface area contributed by atoms with Gasteiger partial charge in [0.1, 0.15) is 12.1 Å². The smallest absolute Gasteiger partial charge is 0.325 e. The van der Waals surface area contributed by atoms with Gasteiger partial charge < -0.3 is 15.5 Å². The first kappa shape index (κ1) is 21.5. The standard InChI is InChI=1S/C23H28N4O3/c1-16-5-11-19(12-6-16)23(2)21(29)27(22(30)25-23)15-20(28)24-13-17-7-9-18(10-8-17)14-26(3)4/h5-12H,13-15H2,1-4H3,(H,24,28)(H,25,30). The van der Waals surface area contributed by atoms with Crippen LogP contribution in [0.15, 0.2) is 48.5 Å². The number of nitrogens with zero attached hydrogens (tertiary/aromatic N) is 2. The Kier molecular flexibility index (Phi) is 6.22. The van der Waals surface area contributed by atoms with Crippen LogP contribution in [0.5, 0.6) is 0 Å². The van der Waals surface area contributed by atoms with Crippen molar-refractivity contribution >= 4 is 17.8 Å². The fraction of sp³-hybridized carbons (Fsp3) is 0.348. The van der Waals surface area contributed by atoms with Crippen molar-refractivity contribution in [3.8, 4) is 0 Å². The van der Waals surface area contributed by atoms with E-state index in [2.05, 4.69) is 15.5 Å². The van der Waals surface area contributed by atoms with Crippen molar-refractivity contribution in [2.24, 2.45) is 0 Å². The molecule has 1 saturated heterocycles. The molecule has 0 saturated carbocycles. The van der Waals surface area contributed by atoms with E-state index >= 15 is 0 Å². The van der Waals surface area contributed by atoms with Gasteiger partial charge in [0.2, 0.25) is 5.91 Å². The average molecular weight is 409 g/mol. The molecule has 1 aliphatic heterocycles. The number of carbonyl (C=O) groups is 3. The first-order valence-corrected chi connectivity index (χ1v) is 9.89. The molecule has 4 amide bonds. The van der Waals surface area contributed by atoms with E-state index in [0.717, 1.165) is 22.6 Å². The summed E-state index contributed by atoms with van der Waals surface area (Å²) in [4.78, 5) is 40.7. The van der Waals surface area contributed by atoms with Gasteiger partial charge in [-0.05, 0) is 44.6 Å². The van der Waals surface area contributed by atoms with Crippen molar-refractivity contribution in [3.63, 3.8) is 0 Å². The maximum atomic E-state index is 12.9. The molecule has 2 aromatic carbocycles. The largest absolute Gasteiger partial charge is 0.350 e. The molecule has 7 nitrogen and oxygen atoms in total. The summed E-state index contributed by atoms with van der Waals surface area (Å²) in [6.07, 6.45) is 0. The van der Waals surface area contributed by atoms with Crippen LogP contribution in [0.3, 0.4) is 0 Å². The van der Waals surface area contributed by atoms with E-state index in [9.17, 15) is 14.4 Å². The number of hydrogen-bond donors (Lipinski definition) is 2. The highest BCUT2D eigenvalue weighted by Gasteiger charge is 2.49. The Bertz CT molecular complexity index is 938. The van der Waals surface area contributed by atoms with Crippen LogP contribution in [0.4, 0.5) is 4.79 Å². The summed E-state index contributed by atoms with van der Waals surface area (Å²) in [6, 6.07) is 14.8. The molecule has 30 heavy (non-hydrogen) atoms. The molecule has 0 aromatic heterocycles. The van der Waals surface area contributed by atoms with Crippen LogP contribution >= 0.6 is 0 Å². The van der Waals surface area contributed by atoms with Crippen molar-refractivity contribution in [2.45, 2.75) is 32.5 Å². The minimum atomic E-state index is -1.17. The molecule has 1 aliphatic rings. The molecule has 2 N–H and O–H groups in total. The lowest BCUT2D eigenvalue weighted by atomic mass is 9.91. The Hall–Kier alpha value is -3.19. The molecule has 1 heterocycles. The third-order valence-corrected chi connectivity index (χ3v) is 5.22. The fourth-order valence-corrected chi connectivity index (χ4v) is 3.45. The first-order valence-electron chi connectivity index (χ1n) is 9.89. The summed E-state index contributed by atoms with van der Waals surface area (Å²) >= 11 is 0. The van der Waals surface area contributed by atoms with Gasteiger partial charge in [-0.1, -0.05) is 54.1 Å². The number of imide groups is 1. The van der Waals surface area contributed by atoms with Crippen LogP contribution in [-0.4, -0.2) is 48.3 Å². The number of hydrogen-bond acceptors (Lipinski definition) is 4. The molecular weight excluding hydrogens is 380 g/mol. The second kappa shape index (κ2) is 8.67. The van der Waals surface area contributed by atoms with Crippen molar-refractivity contribution in [1.29, 1.82) is 0 Å². The van der Waals surface area contributed by atoms with Gasteiger partial charge in [0.15, 0.2) is 0 Å². The van der Waals surface area contributed by atoms with Crippen LogP contribution in [0, 0.1) is 6.92 Å². The summed E-state index contributed by atoms with van der Waals surface area (Å²) in [5, 5.41) is 5.50. The lowest BCUT2D eigenvalue weighted by Crippen LogP contribution is -2.43. The van der Waals surface area contributed by atoms with Gasteiger partial charge in [0.05, 0.1) is 0 Å². The fourth-order valence-electron chi connectivity index (χ4n) is 3.45. The molecule has 1 atom stereocenters. The Morgan fingerprint density at radius 1 is 1.03 bits per heavy atom. The van der Waals surface area contributed by atoms with E-state index in [1.807, 2.05) is 69.6 Å². The van der Waals surface area contributed by atoms with E-state index in [4.69, 9.17) is 0 Å². The number of carbonyl (C=O) groups excluding carboxylic acids is 3. The predicted octanol–water partition coefficient (Wildman–Crippen LogP) is 2.14. The predicted molar refractivity (Wildman–Crippen MR) is 114 cm³/mol. The van der Waals surface area contributed by atoms with Gasteiger partial charge >= 0.3 is 6.03 Å².